The number of pyridine rings is 1. The topological polar surface area (TPSA) is 75.3 Å². The number of hydrogen-bond donors (Lipinski definition) is 1. The zero-order valence-corrected chi connectivity index (χ0v) is 23.4. The molecule has 0 radical (unpaired) electrons. The highest BCUT2D eigenvalue weighted by atomic mass is 32.2. The first-order valence-corrected chi connectivity index (χ1v) is 15.0. The van der Waals surface area contributed by atoms with Crippen molar-refractivity contribution in [2.75, 3.05) is 39.1 Å². The minimum atomic E-state index is -3.30. The van der Waals surface area contributed by atoms with Crippen molar-refractivity contribution < 1.29 is 13.2 Å². The number of nitrogens with one attached hydrogen (secondary N) is 1. The standard InChI is InChI=1S/C32H35N3O3S/c1-24-4-3-5-28(22-24)32-31(27-10-15-33-16-11-27)30(23-34-32)26-13-18-35(19-14-26)17-12-25-6-8-29(9-7-25)39(36,37)21-20-38-2/h3-11,13,15-16,22-23,34H,12,14,17-21H2,1-2H3. The number of hydrogen-bond acceptors (Lipinski definition) is 5. The summed E-state index contributed by atoms with van der Waals surface area (Å²) >= 11 is 0. The number of aromatic nitrogens is 2. The molecule has 1 aliphatic heterocycles. The summed E-state index contributed by atoms with van der Waals surface area (Å²) in [5.41, 5.74) is 9.70. The van der Waals surface area contributed by atoms with E-state index in [0.29, 0.717) is 4.90 Å². The fourth-order valence-electron chi connectivity index (χ4n) is 5.14. The van der Waals surface area contributed by atoms with Gasteiger partial charge in [0.05, 0.1) is 22.9 Å². The Morgan fingerprint density at radius 2 is 1.82 bits per heavy atom. The van der Waals surface area contributed by atoms with Gasteiger partial charge in [0.15, 0.2) is 9.84 Å². The van der Waals surface area contributed by atoms with E-state index in [9.17, 15) is 8.42 Å². The van der Waals surface area contributed by atoms with Gasteiger partial charge in [0.2, 0.25) is 0 Å². The summed E-state index contributed by atoms with van der Waals surface area (Å²) in [5, 5.41) is 0. The first-order chi connectivity index (χ1) is 18.9. The fraction of sp³-hybridized carbons (Fsp3) is 0.281. The van der Waals surface area contributed by atoms with E-state index in [1.807, 2.05) is 24.5 Å². The highest BCUT2D eigenvalue weighted by molar-refractivity contribution is 7.91. The van der Waals surface area contributed by atoms with Gasteiger partial charge >= 0.3 is 0 Å². The van der Waals surface area contributed by atoms with E-state index in [2.05, 4.69) is 70.5 Å². The van der Waals surface area contributed by atoms with E-state index in [1.165, 1.54) is 34.9 Å². The lowest BCUT2D eigenvalue weighted by Crippen LogP contribution is -2.30. The largest absolute Gasteiger partial charge is 0.384 e. The average molecular weight is 542 g/mol. The smallest absolute Gasteiger partial charge is 0.180 e. The van der Waals surface area contributed by atoms with Crippen LogP contribution in [0.5, 0.6) is 0 Å². The van der Waals surface area contributed by atoms with Crippen LogP contribution in [0.15, 0.2) is 90.2 Å². The van der Waals surface area contributed by atoms with Gasteiger partial charge in [-0.25, -0.2) is 8.42 Å². The van der Waals surface area contributed by atoms with Crippen molar-refractivity contribution in [1.29, 1.82) is 0 Å². The number of aromatic amines is 1. The highest BCUT2D eigenvalue weighted by Gasteiger charge is 2.21. The Labute approximate surface area is 231 Å². The second-order valence-corrected chi connectivity index (χ2v) is 12.2. The third kappa shape index (κ3) is 6.38. The van der Waals surface area contributed by atoms with Crippen molar-refractivity contribution in [1.82, 2.24) is 14.9 Å². The molecule has 0 spiro atoms. The summed E-state index contributed by atoms with van der Waals surface area (Å²) in [5.74, 6) is 0.00178. The van der Waals surface area contributed by atoms with E-state index in [0.717, 1.165) is 49.3 Å². The summed E-state index contributed by atoms with van der Waals surface area (Å²) in [7, 11) is -1.79. The Bertz CT molecular complexity index is 1540. The normalized spacial score (nSPS) is 14.4. The SMILES string of the molecule is COCCS(=O)(=O)c1ccc(CCN2CC=C(c3c[nH]c(-c4cccc(C)c4)c3-c3ccncc3)CC2)cc1. The van der Waals surface area contributed by atoms with Gasteiger partial charge in [-0.1, -0.05) is 42.0 Å². The molecule has 0 atom stereocenters. The Hall–Kier alpha value is -3.52. The number of methoxy groups -OCH3 is 1. The molecule has 0 unspecified atom stereocenters. The Morgan fingerprint density at radius 1 is 1.03 bits per heavy atom. The van der Waals surface area contributed by atoms with Gasteiger partial charge in [0.1, 0.15) is 0 Å². The monoisotopic (exact) mass is 541 g/mol. The van der Waals surface area contributed by atoms with Gasteiger partial charge in [-0.15, -0.1) is 0 Å². The predicted octanol–water partition coefficient (Wildman–Crippen LogP) is 5.80. The molecule has 0 aliphatic carbocycles. The van der Waals surface area contributed by atoms with Gasteiger partial charge in [-0.2, -0.15) is 0 Å². The summed E-state index contributed by atoms with van der Waals surface area (Å²) < 4.78 is 29.7. The number of nitrogens with zero attached hydrogens (tertiary/aromatic N) is 2. The second kappa shape index (κ2) is 12.1. The van der Waals surface area contributed by atoms with Gasteiger partial charge < -0.3 is 9.72 Å². The molecule has 6 nitrogen and oxygen atoms in total. The number of rotatable bonds is 10. The fourth-order valence-corrected chi connectivity index (χ4v) is 6.32. The zero-order valence-electron chi connectivity index (χ0n) is 22.6. The molecule has 0 saturated carbocycles. The lowest BCUT2D eigenvalue weighted by Gasteiger charge is -2.26. The molecule has 0 bridgehead atoms. The maximum Gasteiger partial charge on any atom is 0.180 e. The van der Waals surface area contributed by atoms with E-state index in [1.54, 1.807) is 12.1 Å². The van der Waals surface area contributed by atoms with E-state index >= 15 is 0 Å². The summed E-state index contributed by atoms with van der Waals surface area (Å²) in [4.78, 5) is 10.6. The van der Waals surface area contributed by atoms with Crippen molar-refractivity contribution in [3.63, 3.8) is 0 Å². The van der Waals surface area contributed by atoms with Crippen molar-refractivity contribution in [3.8, 4) is 22.4 Å². The Kier molecular flexibility index (Phi) is 8.41. The molecule has 0 saturated heterocycles. The quantitative estimate of drug-likeness (QED) is 0.275. The first-order valence-electron chi connectivity index (χ1n) is 13.4. The van der Waals surface area contributed by atoms with Crippen molar-refractivity contribution in [2.24, 2.45) is 0 Å². The maximum atomic E-state index is 12.4. The minimum absolute atomic E-state index is 0.00178. The van der Waals surface area contributed by atoms with Crippen LogP contribution in [0.25, 0.3) is 28.0 Å². The molecule has 202 valence electrons. The average Bonchev–Trinajstić information content (AvgIpc) is 3.41. The lowest BCUT2D eigenvalue weighted by molar-refractivity contribution is 0.217. The third-order valence-corrected chi connectivity index (χ3v) is 9.05. The molecule has 3 heterocycles. The summed E-state index contributed by atoms with van der Waals surface area (Å²) in [6, 6.07) is 20.1. The molecule has 1 N–H and O–H groups in total. The first kappa shape index (κ1) is 27.1. The third-order valence-electron chi connectivity index (χ3n) is 7.35. The molecule has 1 aliphatic rings. The van der Waals surface area contributed by atoms with Crippen LogP contribution < -0.4 is 0 Å². The second-order valence-electron chi connectivity index (χ2n) is 10.0. The molecular formula is C32H35N3O3S. The van der Waals surface area contributed by atoms with Gasteiger partial charge in [0.25, 0.3) is 0 Å². The Morgan fingerprint density at radius 3 is 2.51 bits per heavy atom. The molecule has 2 aromatic heterocycles. The van der Waals surface area contributed by atoms with Crippen LogP contribution in [0.4, 0.5) is 0 Å². The van der Waals surface area contributed by atoms with Gasteiger partial charge in [0, 0.05) is 56.5 Å². The van der Waals surface area contributed by atoms with Crippen LogP contribution in [0.2, 0.25) is 0 Å². The van der Waals surface area contributed by atoms with Crippen molar-refractivity contribution >= 4 is 15.4 Å². The minimum Gasteiger partial charge on any atom is -0.384 e. The van der Waals surface area contributed by atoms with Crippen LogP contribution in [0.1, 0.15) is 23.1 Å². The number of aryl methyl sites for hydroxylation is 1. The van der Waals surface area contributed by atoms with E-state index < -0.39 is 9.84 Å². The maximum absolute atomic E-state index is 12.4. The van der Waals surface area contributed by atoms with Gasteiger partial charge in [-0.3, -0.25) is 9.88 Å². The highest BCUT2D eigenvalue weighted by Crippen LogP contribution is 2.39. The van der Waals surface area contributed by atoms with E-state index in [-0.39, 0.29) is 12.4 Å². The molecule has 7 heteroatoms. The summed E-state index contributed by atoms with van der Waals surface area (Å²) in [6.07, 6.45) is 10.1. The van der Waals surface area contributed by atoms with Crippen LogP contribution in [0.3, 0.4) is 0 Å². The van der Waals surface area contributed by atoms with E-state index in [4.69, 9.17) is 4.74 Å². The Balaban J connectivity index is 1.29. The molecule has 5 rings (SSSR count). The van der Waals surface area contributed by atoms with Gasteiger partial charge in [-0.05, 0) is 72.4 Å². The number of ether oxygens (including phenoxy) is 1. The van der Waals surface area contributed by atoms with Crippen LogP contribution in [-0.2, 0) is 21.0 Å². The van der Waals surface area contributed by atoms with Crippen molar-refractivity contribution in [3.05, 3.63) is 102 Å². The molecule has 2 aromatic carbocycles. The number of sulfone groups is 1. The summed E-state index contributed by atoms with van der Waals surface area (Å²) in [6.45, 7) is 5.12. The molecule has 0 fully saturated rings. The number of H-pyrrole nitrogens is 1. The van der Waals surface area contributed by atoms with Crippen LogP contribution in [-0.4, -0.2) is 62.4 Å². The van der Waals surface area contributed by atoms with Crippen molar-refractivity contribution in [2.45, 2.75) is 24.7 Å². The predicted molar refractivity (Wildman–Crippen MR) is 157 cm³/mol. The van der Waals surface area contributed by atoms with Crippen LogP contribution >= 0.6 is 0 Å². The molecule has 0 amide bonds. The molecule has 4 aromatic rings. The van der Waals surface area contributed by atoms with Crippen LogP contribution in [0, 0.1) is 6.92 Å². The molecular weight excluding hydrogens is 506 g/mol. The molecule has 39 heavy (non-hydrogen) atoms. The zero-order chi connectivity index (χ0) is 27.2. The number of benzene rings is 2. The lowest BCUT2D eigenvalue weighted by atomic mass is 9.92.